The van der Waals surface area contributed by atoms with Crippen molar-refractivity contribution >= 4 is 5.82 Å². The van der Waals surface area contributed by atoms with E-state index in [1.807, 2.05) is 6.07 Å². The first-order valence-electron chi connectivity index (χ1n) is 5.15. The molecule has 0 fully saturated rings. The van der Waals surface area contributed by atoms with E-state index in [4.69, 9.17) is 4.74 Å². The fourth-order valence-electron chi connectivity index (χ4n) is 1.40. The fourth-order valence-corrected chi connectivity index (χ4v) is 1.40. The maximum atomic E-state index is 5.13. The van der Waals surface area contributed by atoms with Crippen LogP contribution in [0.3, 0.4) is 0 Å². The molecule has 0 bridgehead atoms. The molecule has 4 nitrogen and oxygen atoms in total. The Morgan fingerprint density at radius 3 is 2.73 bits per heavy atom. The SMILES string of the molecule is CCc1cc(NC(C)(C)COC)ncn1. The predicted molar refractivity (Wildman–Crippen MR) is 61.0 cm³/mol. The Morgan fingerprint density at radius 2 is 2.13 bits per heavy atom. The Hall–Kier alpha value is -1.16. The Labute approximate surface area is 91.1 Å². The van der Waals surface area contributed by atoms with Gasteiger partial charge >= 0.3 is 0 Å². The lowest BCUT2D eigenvalue weighted by molar-refractivity contribution is 0.158. The molecule has 0 radical (unpaired) electrons. The van der Waals surface area contributed by atoms with E-state index in [1.165, 1.54) is 0 Å². The molecule has 0 spiro atoms. The monoisotopic (exact) mass is 209 g/mol. The summed E-state index contributed by atoms with van der Waals surface area (Å²) in [6.07, 6.45) is 2.51. The van der Waals surface area contributed by atoms with E-state index in [2.05, 4.69) is 36.1 Å². The van der Waals surface area contributed by atoms with Gasteiger partial charge in [-0.25, -0.2) is 9.97 Å². The van der Waals surface area contributed by atoms with Gasteiger partial charge in [0.2, 0.25) is 0 Å². The summed E-state index contributed by atoms with van der Waals surface area (Å²) in [7, 11) is 1.70. The highest BCUT2D eigenvalue weighted by Crippen LogP contribution is 2.13. The zero-order valence-corrected chi connectivity index (χ0v) is 9.87. The molecule has 0 unspecified atom stereocenters. The zero-order chi connectivity index (χ0) is 11.3. The molecule has 15 heavy (non-hydrogen) atoms. The number of aryl methyl sites for hydroxylation is 1. The summed E-state index contributed by atoms with van der Waals surface area (Å²) in [5.41, 5.74) is 0.925. The van der Waals surface area contributed by atoms with E-state index in [0.717, 1.165) is 17.9 Å². The van der Waals surface area contributed by atoms with Crippen molar-refractivity contribution in [2.24, 2.45) is 0 Å². The standard InChI is InChI=1S/C11H19N3O/c1-5-9-6-10(13-8-12-9)14-11(2,3)7-15-4/h6,8H,5,7H2,1-4H3,(H,12,13,14). The van der Waals surface area contributed by atoms with E-state index in [0.29, 0.717) is 6.61 Å². The van der Waals surface area contributed by atoms with Crippen molar-refractivity contribution in [3.63, 3.8) is 0 Å². The molecule has 0 saturated heterocycles. The topological polar surface area (TPSA) is 47.0 Å². The van der Waals surface area contributed by atoms with Gasteiger partial charge in [0.05, 0.1) is 12.1 Å². The quantitative estimate of drug-likeness (QED) is 0.804. The lowest BCUT2D eigenvalue weighted by atomic mass is 10.1. The van der Waals surface area contributed by atoms with Crippen molar-refractivity contribution in [1.82, 2.24) is 9.97 Å². The van der Waals surface area contributed by atoms with Gasteiger partial charge in [-0.2, -0.15) is 0 Å². The van der Waals surface area contributed by atoms with Gasteiger partial charge in [0.1, 0.15) is 12.1 Å². The third-order valence-electron chi connectivity index (χ3n) is 2.06. The molecule has 0 atom stereocenters. The van der Waals surface area contributed by atoms with Crippen molar-refractivity contribution in [2.75, 3.05) is 19.0 Å². The number of methoxy groups -OCH3 is 1. The van der Waals surface area contributed by atoms with Gasteiger partial charge in [-0.1, -0.05) is 6.92 Å². The number of nitrogens with one attached hydrogen (secondary N) is 1. The van der Waals surface area contributed by atoms with Crippen molar-refractivity contribution in [3.8, 4) is 0 Å². The van der Waals surface area contributed by atoms with Crippen molar-refractivity contribution in [2.45, 2.75) is 32.7 Å². The molecular formula is C11H19N3O. The van der Waals surface area contributed by atoms with Gasteiger partial charge in [0.15, 0.2) is 0 Å². The summed E-state index contributed by atoms with van der Waals surface area (Å²) in [5.74, 6) is 0.851. The van der Waals surface area contributed by atoms with Crippen LogP contribution in [0.5, 0.6) is 0 Å². The van der Waals surface area contributed by atoms with Crippen LogP contribution in [0.4, 0.5) is 5.82 Å². The van der Waals surface area contributed by atoms with Crippen molar-refractivity contribution in [1.29, 1.82) is 0 Å². The van der Waals surface area contributed by atoms with E-state index in [1.54, 1.807) is 13.4 Å². The second kappa shape index (κ2) is 5.07. The minimum absolute atomic E-state index is 0.117. The molecule has 0 amide bonds. The number of hydrogen-bond acceptors (Lipinski definition) is 4. The maximum absolute atomic E-state index is 5.13. The van der Waals surface area contributed by atoms with Gasteiger partial charge in [-0.05, 0) is 20.3 Å². The van der Waals surface area contributed by atoms with Gasteiger partial charge < -0.3 is 10.1 Å². The number of ether oxygens (including phenoxy) is 1. The molecule has 0 aliphatic rings. The van der Waals surface area contributed by atoms with Crippen LogP contribution in [-0.4, -0.2) is 29.2 Å². The normalized spacial score (nSPS) is 11.5. The molecule has 0 aliphatic heterocycles. The Kier molecular flexibility index (Phi) is 4.03. The van der Waals surface area contributed by atoms with Crippen LogP contribution in [-0.2, 0) is 11.2 Å². The average molecular weight is 209 g/mol. The summed E-state index contributed by atoms with van der Waals surface area (Å²) in [6.45, 7) is 6.86. The molecule has 0 aromatic carbocycles. The molecule has 1 rings (SSSR count). The van der Waals surface area contributed by atoms with E-state index in [-0.39, 0.29) is 5.54 Å². The number of rotatable bonds is 5. The largest absolute Gasteiger partial charge is 0.382 e. The number of anilines is 1. The first-order chi connectivity index (χ1) is 7.07. The van der Waals surface area contributed by atoms with Gasteiger partial charge in [0.25, 0.3) is 0 Å². The van der Waals surface area contributed by atoms with Gasteiger partial charge in [-0.15, -0.1) is 0 Å². The number of aromatic nitrogens is 2. The lowest BCUT2D eigenvalue weighted by Gasteiger charge is -2.25. The summed E-state index contributed by atoms with van der Waals surface area (Å²) < 4.78 is 5.13. The third kappa shape index (κ3) is 3.83. The molecule has 4 heteroatoms. The highest BCUT2D eigenvalue weighted by Gasteiger charge is 2.17. The molecule has 1 aromatic heterocycles. The van der Waals surface area contributed by atoms with Gasteiger partial charge in [-0.3, -0.25) is 0 Å². The van der Waals surface area contributed by atoms with Crippen LogP contribution in [0, 0.1) is 0 Å². The van der Waals surface area contributed by atoms with E-state index >= 15 is 0 Å². The molecule has 1 N–H and O–H groups in total. The highest BCUT2D eigenvalue weighted by molar-refractivity contribution is 5.37. The number of hydrogen-bond donors (Lipinski definition) is 1. The summed E-state index contributed by atoms with van der Waals surface area (Å²) >= 11 is 0. The molecule has 1 heterocycles. The summed E-state index contributed by atoms with van der Waals surface area (Å²) in [5, 5.41) is 3.32. The zero-order valence-electron chi connectivity index (χ0n) is 9.87. The second-order valence-corrected chi connectivity index (χ2v) is 4.19. The van der Waals surface area contributed by atoms with E-state index < -0.39 is 0 Å². The highest BCUT2D eigenvalue weighted by atomic mass is 16.5. The minimum atomic E-state index is -0.117. The number of nitrogens with zero attached hydrogens (tertiary/aromatic N) is 2. The second-order valence-electron chi connectivity index (χ2n) is 4.19. The van der Waals surface area contributed by atoms with Crippen LogP contribution in [0.2, 0.25) is 0 Å². The van der Waals surface area contributed by atoms with Crippen LogP contribution in [0.1, 0.15) is 26.5 Å². The Morgan fingerprint density at radius 1 is 1.40 bits per heavy atom. The van der Waals surface area contributed by atoms with Crippen molar-refractivity contribution in [3.05, 3.63) is 18.1 Å². The summed E-state index contributed by atoms with van der Waals surface area (Å²) in [4.78, 5) is 8.33. The Balaban J connectivity index is 2.71. The summed E-state index contributed by atoms with van der Waals surface area (Å²) in [6, 6.07) is 1.97. The third-order valence-corrected chi connectivity index (χ3v) is 2.06. The average Bonchev–Trinajstić information content (AvgIpc) is 2.17. The first-order valence-corrected chi connectivity index (χ1v) is 5.15. The van der Waals surface area contributed by atoms with Crippen LogP contribution >= 0.6 is 0 Å². The molecule has 1 aromatic rings. The lowest BCUT2D eigenvalue weighted by Crippen LogP contribution is -2.36. The first kappa shape index (κ1) is 11.9. The molecule has 84 valence electrons. The van der Waals surface area contributed by atoms with Crippen LogP contribution in [0.25, 0.3) is 0 Å². The minimum Gasteiger partial charge on any atom is -0.382 e. The van der Waals surface area contributed by atoms with Crippen molar-refractivity contribution < 1.29 is 4.74 Å². The smallest absolute Gasteiger partial charge is 0.130 e. The molecule has 0 aliphatic carbocycles. The predicted octanol–water partition coefficient (Wildman–Crippen LogP) is 1.88. The maximum Gasteiger partial charge on any atom is 0.130 e. The molecular weight excluding hydrogens is 190 g/mol. The van der Waals surface area contributed by atoms with Crippen LogP contribution < -0.4 is 5.32 Å². The fraction of sp³-hybridized carbons (Fsp3) is 0.636. The van der Waals surface area contributed by atoms with Crippen LogP contribution in [0.15, 0.2) is 12.4 Å². The van der Waals surface area contributed by atoms with E-state index in [9.17, 15) is 0 Å². The molecule has 0 saturated carbocycles. The Bertz CT molecular complexity index is 312. The van der Waals surface area contributed by atoms with Gasteiger partial charge in [0, 0.05) is 18.9 Å².